The van der Waals surface area contributed by atoms with Gasteiger partial charge in [-0.15, -0.1) is 0 Å². The van der Waals surface area contributed by atoms with Crippen molar-refractivity contribution in [2.24, 2.45) is 0 Å². The van der Waals surface area contributed by atoms with Gasteiger partial charge in [-0.2, -0.15) is 0 Å². The number of hydrogen-bond donors (Lipinski definition) is 3. The predicted octanol–water partition coefficient (Wildman–Crippen LogP) is 5.30. The number of aryl methyl sites for hydroxylation is 1. The molecule has 6 heteroatoms. The summed E-state index contributed by atoms with van der Waals surface area (Å²) in [5.41, 5.74) is 3.53. The highest BCUT2D eigenvalue weighted by atomic mass is 35.5. The van der Waals surface area contributed by atoms with Gasteiger partial charge in [0.1, 0.15) is 6.04 Å². The Balaban J connectivity index is 1.49. The van der Waals surface area contributed by atoms with E-state index in [2.05, 4.69) is 27.8 Å². The van der Waals surface area contributed by atoms with Gasteiger partial charge in [0.2, 0.25) is 5.91 Å². The molecule has 0 saturated carbocycles. The summed E-state index contributed by atoms with van der Waals surface area (Å²) in [5.74, 6) is -0.589. The fraction of sp³-hybridized carbons (Fsp3) is 0.214. The average Bonchev–Trinajstić information content (AvgIpc) is 3.26. The first kappa shape index (κ1) is 23.6. The third kappa shape index (κ3) is 5.86. The summed E-state index contributed by atoms with van der Waals surface area (Å²) < 4.78 is 0. The number of H-pyrrole nitrogens is 1. The highest BCUT2D eigenvalue weighted by Crippen LogP contribution is 2.20. The molecule has 0 aliphatic carbocycles. The quantitative estimate of drug-likeness (QED) is 0.308. The maximum atomic E-state index is 13.3. The van der Waals surface area contributed by atoms with Crippen molar-refractivity contribution in [3.8, 4) is 0 Å². The molecule has 4 aromatic rings. The number of amides is 2. The van der Waals surface area contributed by atoms with Gasteiger partial charge in [0.15, 0.2) is 0 Å². The Morgan fingerprint density at radius 3 is 2.41 bits per heavy atom. The number of fused-ring (bicyclic) bond motifs is 1. The molecule has 1 heterocycles. The summed E-state index contributed by atoms with van der Waals surface area (Å²) in [4.78, 5) is 29.5. The first-order valence-corrected chi connectivity index (χ1v) is 11.8. The number of nitrogens with one attached hydrogen (secondary N) is 3. The molecule has 0 radical (unpaired) electrons. The maximum absolute atomic E-state index is 13.3. The van der Waals surface area contributed by atoms with E-state index in [1.165, 1.54) is 5.56 Å². The van der Waals surface area contributed by atoms with Gasteiger partial charge in [-0.3, -0.25) is 9.59 Å². The minimum atomic E-state index is -0.748. The SMILES string of the molecule is CC(CCc1ccccc1)NC(=O)[C@H](Cc1c[nH]c2ccccc12)NC(=O)c1ccccc1Cl. The molecule has 1 aromatic heterocycles. The number of carbonyl (C=O) groups excluding carboxylic acids is 2. The van der Waals surface area contributed by atoms with Crippen molar-refractivity contribution in [2.75, 3.05) is 0 Å². The van der Waals surface area contributed by atoms with Crippen molar-refractivity contribution in [1.29, 1.82) is 0 Å². The molecule has 2 atom stereocenters. The Bertz CT molecular complexity index is 1270. The lowest BCUT2D eigenvalue weighted by molar-refractivity contribution is -0.123. The number of hydrogen-bond acceptors (Lipinski definition) is 2. The summed E-state index contributed by atoms with van der Waals surface area (Å²) in [5, 5.41) is 7.37. The highest BCUT2D eigenvalue weighted by molar-refractivity contribution is 6.33. The summed E-state index contributed by atoms with van der Waals surface area (Å²) in [7, 11) is 0. The van der Waals surface area contributed by atoms with Gasteiger partial charge in [-0.05, 0) is 49.1 Å². The van der Waals surface area contributed by atoms with Crippen LogP contribution in [0, 0.1) is 0 Å². The lowest BCUT2D eigenvalue weighted by atomic mass is 10.0. The van der Waals surface area contributed by atoms with Crippen LogP contribution in [0.5, 0.6) is 0 Å². The Kier molecular flexibility index (Phi) is 7.65. The molecule has 0 spiro atoms. The second-order valence-corrected chi connectivity index (χ2v) is 8.91. The summed E-state index contributed by atoms with van der Waals surface area (Å²) in [6.45, 7) is 1.99. The molecule has 0 aliphatic rings. The number of carbonyl (C=O) groups is 2. The van der Waals surface area contributed by atoms with Crippen molar-refractivity contribution in [1.82, 2.24) is 15.6 Å². The summed E-state index contributed by atoms with van der Waals surface area (Å²) >= 11 is 6.22. The molecule has 4 rings (SSSR count). The van der Waals surface area contributed by atoms with Gasteiger partial charge >= 0.3 is 0 Å². The van der Waals surface area contributed by atoms with E-state index in [1.807, 2.05) is 55.6 Å². The van der Waals surface area contributed by atoms with Crippen LogP contribution in [0.1, 0.15) is 34.8 Å². The zero-order chi connectivity index (χ0) is 23.9. The van der Waals surface area contributed by atoms with Crippen molar-refractivity contribution in [2.45, 2.75) is 38.3 Å². The smallest absolute Gasteiger partial charge is 0.253 e. The van der Waals surface area contributed by atoms with Gasteiger partial charge < -0.3 is 15.6 Å². The topological polar surface area (TPSA) is 74.0 Å². The van der Waals surface area contributed by atoms with E-state index >= 15 is 0 Å². The third-order valence-electron chi connectivity index (χ3n) is 5.94. The Hall–Kier alpha value is -3.57. The van der Waals surface area contributed by atoms with Crippen LogP contribution in [0.15, 0.2) is 85.1 Å². The van der Waals surface area contributed by atoms with Crippen LogP contribution in [0.3, 0.4) is 0 Å². The Morgan fingerprint density at radius 2 is 1.62 bits per heavy atom. The second-order valence-electron chi connectivity index (χ2n) is 8.50. The lowest BCUT2D eigenvalue weighted by Crippen LogP contribution is -2.50. The molecule has 0 aliphatic heterocycles. The number of aromatic nitrogens is 1. The lowest BCUT2D eigenvalue weighted by Gasteiger charge is -2.22. The Labute approximate surface area is 204 Å². The van der Waals surface area contributed by atoms with Crippen molar-refractivity contribution < 1.29 is 9.59 Å². The van der Waals surface area contributed by atoms with Crippen LogP contribution in [0.25, 0.3) is 10.9 Å². The van der Waals surface area contributed by atoms with Crippen LogP contribution in [-0.2, 0) is 17.6 Å². The largest absolute Gasteiger partial charge is 0.361 e. The highest BCUT2D eigenvalue weighted by Gasteiger charge is 2.25. The fourth-order valence-electron chi connectivity index (χ4n) is 4.05. The minimum absolute atomic E-state index is 0.0459. The summed E-state index contributed by atoms with van der Waals surface area (Å²) in [6, 6.07) is 24.1. The third-order valence-corrected chi connectivity index (χ3v) is 6.27. The molecule has 34 heavy (non-hydrogen) atoms. The molecule has 0 bridgehead atoms. The molecular formula is C28H28ClN3O2. The molecule has 1 unspecified atom stereocenters. The average molecular weight is 474 g/mol. The maximum Gasteiger partial charge on any atom is 0.253 e. The molecule has 3 N–H and O–H groups in total. The molecular weight excluding hydrogens is 446 g/mol. The molecule has 3 aromatic carbocycles. The number of aromatic amines is 1. The number of halogens is 1. The van der Waals surface area contributed by atoms with E-state index in [4.69, 9.17) is 11.6 Å². The van der Waals surface area contributed by atoms with Crippen molar-refractivity contribution in [3.63, 3.8) is 0 Å². The molecule has 0 saturated heterocycles. The number of rotatable bonds is 9. The van der Waals surface area contributed by atoms with Crippen LogP contribution in [0.2, 0.25) is 5.02 Å². The number of para-hydroxylation sites is 1. The first-order valence-electron chi connectivity index (χ1n) is 11.5. The van der Waals surface area contributed by atoms with E-state index in [0.717, 1.165) is 29.3 Å². The van der Waals surface area contributed by atoms with Crippen molar-refractivity contribution in [3.05, 3.63) is 107 Å². The minimum Gasteiger partial charge on any atom is -0.361 e. The number of benzene rings is 3. The van der Waals surface area contributed by atoms with Crippen LogP contribution >= 0.6 is 11.6 Å². The van der Waals surface area contributed by atoms with E-state index in [0.29, 0.717) is 17.0 Å². The molecule has 174 valence electrons. The van der Waals surface area contributed by atoms with Crippen LogP contribution < -0.4 is 10.6 Å². The predicted molar refractivity (Wildman–Crippen MR) is 137 cm³/mol. The molecule has 2 amide bonds. The van der Waals surface area contributed by atoms with Crippen molar-refractivity contribution >= 4 is 34.3 Å². The van der Waals surface area contributed by atoms with E-state index in [9.17, 15) is 9.59 Å². The Morgan fingerprint density at radius 1 is 0.912 bits per heavy atom. The standard InChI is InChI=1S/C28H28ClN3O2/c1-19(15-16-20-9-3-2-4-10-20)31-28(34)26(32-27(33)23-12-5-7-13-24(23)29)17-21-18-30-25-14-8-6-11-22(21)25/h2-14,18-19,26,30H,15-17H2,1H3,(H,31,34)(H,32,33)/t19?,26-/m0/s1. The summed E-state index contributed by atoms with van der Waals surface area (Å²) in [6.07, 6.45) is 3.91. The second kappa shape index (κ2) is 11.0. The van der Waals surface area contributed by atoms with Gasteiger partial charge in [0.05, 0.1) is 10.6 Å². The zero-order valence-corrected chi connectivity index (χ0v) is 19.8. The first-order chi connectivity index (χ1) is 16.5. The normalized spacial score (nSPS) is 12.8. The molecule has 5 nitrogen and oxygen atoms in total. The van der Waals surface area contributed by atoms with Gasteiger partial charge in [-0.1, -0.05) is 72.3 Å². The van der Waals surface area contributed by atoms with Crippen LogP contribution in [-0.4, -0.2) is 28.9 Å². The van der Waals surface area contributed by atoms with E-state index in [1.54, 1.807) is 24.3 Å². The van der Waals surface area contributed by atoms with E-state index < -0.39 is 6.04 Å². The zero-order valence-electron chi connectivity index (χ0n) is 19.1. The van der Waals surface area contributed by atoms with Gasteiger partial charge in [-0.25, -0.2) is 0 Å². The monoisotopic (exact) mass is 473 g/mol. The fourth-order valence-corrected chi connectivity index (χ4v) is 4.28. The molecule has 0 fully saturated rings. The van der Waals surface area contributed by atoms with Crippen LogP contribution in [0.4, 0.5) is 0 Å². The van der Waals surface area contributed by atoms with E-state index in [-0.39, 0.29) is 17.9 Å². The van der Waals surface area contributed by atoms with Gasteiger partial charge in [0.25, 0.3) is 5.91 Å². The van der Waals surface area contributed by atoms with Gasteiger partial charge in [0, 0.05) is 29.6 Å².